The van der Waals surface area contributed by atoms with Crippen LogP contribution >= 0.6 is 0 Å². The van der Waals surface area contributed by atoms with Gasteiger partial charge < -0.3 is 5.32 Å². The molecule has 1 heterocycles. The maximum Gasteiger partial charge on any atom is 0.255 e. The van der Waals surface area contributed by atoms with Crippen molar-refractivity contribution in [2.75, 3.05) is 37.8 Å². The minimum absolute atomic E-state index is 0.0529. The quantitative estimate of drug-likeness (QED) is 0.731. The van der Waals surface area contributed by atoms with Gasteiger partial charge in [0, 0.05) is 49.5 Å². The van der Waals surface area contributed by atoms with Gasteiger partial charge in [0.2, 0.25) is 10.0 Å². The van der Waals surface area contributed by atoms with Crippen LogP contribution in [0.25, 0.3) is 0 Å². The molecule has 2 aromatic carbocycles. The summed E-state index contributed by atoms with van der Waals surface area (Å²) in [5.74, 6) is -0.290. The Morgan fingerprint density at radius 2 is 1.62 bits per heavy atom. The lowest BCUT2D eigenvalue weighted by Gasteiger charge is -2.33. The number of hydrogen-bond donors (Lipinski definition) is 1. The van der Waals surface area contributed by atoms with Crippen LogP contribution in [0.1, 0.15) is 33.2 Å². The normalized spacial score (nSPS) is 15.8. The van der Waals surface area contributed by atoms with Gasteiger partial charge in [-0.05, 0) is 36.8 Å². The summed E-state index contributed by atoms with van der Waals surface area (Å²) in [7, 11) is -3.13. The van der Waals surface area contributed by atoms with E-state index in [0.717, 1.165) is 5.56 Å². The topological polar surface area (TPSA) is 86.8 Å². The Morgan fingerprint density at radius 1 is 0.966 bits per heavy atom. The van der Waals surface area contributed by atoms with Gasteiger partial charge in [-0.2, -0.15) is 4.31 Å². The molecule has 0 spiro atoms. The van der Waals surface area contributed by atoms with Crippen molar-refractivity contribution >= 4 is 27.4 Å². The van der Waals surface area contributed by atoms with Crippen LogP contribution in [-0.4, -0.2) is 61.7 Å². The number of hydrogen-bond acceptors (Lipinski definition) is 5. The molecule has 0 aromatic heterocycles. The fourth-order valence-electron chi connectivity index (χ4n) is 3.26. The molecule has 154 valence electrons. The molecule has 0 aliphatic carbocycles. The van der Waals surface area contributed by atoms with Crippen molar-refractivity contribution in [3.63, 3.8) is 0 Å². The number of piperazine rings is 1. The van der Waals surface area contributed by atoms with E-state index in [1.165, 1.54) is 17.5 Å². The van der Waals surface area contributed by atoms with Crippen LogP contribution in [0.15, 0.2) is 48.5 Å². The van der Waals surface area contributed by atoms with Gasteiger partial charge in [0.25, 0.3) is 5.91 Å². The van der Waals surface area contributed by atoms with Crippen molar-refractivity contribution in [1.82, 2.24) is 9.21 Å². The molecule has 0 radical (unpaired) electrons. The molecular formula is C21H25N3O4S. The lowest BCUT2D eigenvalue weighted by molar-refractivity contribution is 0.101. The zero-order valence-electron chi connectivity index (χ0n) is 16.6. The molecule has 29 heavy (non-hydrogen) atoms. The number of carbonyl (C=O) groups is 2. The predicted molar refractivity (Wildman–Crippen MR) is 113 cm³/mol. The summed E-state index contributed by atoms with van der Waals surface area (Å²) in [6.07, 6.45) is 1.24. The number of ketones is 1. The Balaban J connectivity index is 1.57. The maximum absolute atomic E-state index is 12.5. The van der Waals surface area contributed by atoms with Crippen LogP contribution in [0.3, 0.4) is 0 Å². The van der Waals surface area contributed by atoms with Crippen LogP contribution < -0.4 is 5.32 Å². The maximum atomic E-state index is 12.5. The second-order valence-corrected chi connectivity index (χ2v) is 9.21. The summed E-state index contributed by atoms with van der Waals surface area (Å²) in [5.41, 5.74) is 2.72. The van der Waals surface area contributed by atoms with Gasteiger partial charge in [-0.3, -0.25) is 14.5 Å². The van der Waals surface area contributed by atoms with Gasteiger partial charge in [-0.1, -0.05) is 24.3 Å². The highest BCUT2D eigenvalue weighted by Crippen LogP contribution is 2.15. The summed E-state index contributed by atoms with van der Waals surface area (Å²) < 4.78 is 24.7. The van der Waals surface area contributed by atoms with Crippen LogP contribution in [0.4, 0.5) is 5.69 Å². The second-order valence-electron chi connectivity index (χ2n) is 7.23. The molecule has 1 fully saturated rings. The minimum Gasteiger partial charge on any atom is -0.322 e. The third kappa shape index (κ3) is 5.72. The van der Waals surface area contributed by atoms with E-state index in [1.54, 1.807) is 36.4 Å². The molecule has 7 nitrogen and oxygen atoms in total. The fraction of sp³-hybridized carbons (Fsp3) is 0.333. The number of nitrogens with zero attached hydrogens (tertiary/aromatic N) is 2. The van der Waals surface area contributed by atoms with E-state index in [0.29, 0.717) is 49.5 Å². The number of anilines is 1. The number of benzene rings is 2. The van der Waals surface area contributed by atoms with Gasteiger partial charge >= 0.3 is 0 Å². The van der Waals surface area contributed by atoms with E-state index in [4.69, 9.17) is 0 Å². The molecule has 0 atom stereocenters. The first-order valence-electron chi connectivity index (χ1n) is 9.41. The highest BCUT2D eigenvalue weighted by Gasteiger charge is 2.23. The summed E-state index contributed by atoms with van der Waals surface area (Å²) in [6, 6.07) is 14.2. The molecule has 1 saturated heterocycles. The monoisotopic (exact) mass is 415 g/mol. The molecule has 0 bridgehead atoms. The Bertz CT molecular complexity index is 995. The van der Waals surface area contributed by atoms with E-state index >= 15 is 0 Å². The van der Waals surface area contributed by atoms with Gasteiger partial charge in [-0.25, -0.2) is 8.42 Å². The van der Waals surface area contributed by atoms with Gasteiger partial charge in [0.05, 0.1) is 6.26 Å². The molecule has 3 rings (SSSR count). The molecule has 1 aliphatic heterocycles. The van der Waals surface area contributed by atoms with Crippen molar-refractivity contribution in [1.29, 1.82) is 0 Å². The number of nitrogens with one attached hydrogen (secondary N) is 1. The third-order valence-corrected chi connectivity index (χ3v) is 6.25. The van der Waals surface area contributed by atoms with Gasteiger partial charge in [-0.15, -0.1) is 0 Å². The average Bonchev–Trinajstić information content (AvgIpc) is 2.68. The highest BCUT2D eigenvalue weighted by atomic mass is 32.2. The van der Waals surface area contributed by atoms with Crippen molar-refractivity contribution in [3.8, 4) is 0 Å². The number of rotatable bonds is 6. The lowest BCUT2D eigenvalue weighted by Crippen LogP contribution is -2.47. The van der Waals surface area contributed by atoms with Crippen LogP contribution in [0.5, 0.6) is 0 Å². The van der Waals surface area contributed by atoms with Crippen molar-refractivity contribution < 1.29 is 18.0 Å². The smallest absolute Gasteiger partial charge is 0.255 e. The van der Waals surface area contributed by atoms with Crippen LogP contribution in [0.2, 0.25) is 0 Å². The standard InChI is InChI=1S/C21H25N3O4S/c1-16(25)19-4-3-5-20(14-19)22-21(26)18-8-6-17(7-9-18)15-23-10-12-24(13-11-23)29(2,27)28/h3-9,14H,10-13,15H2,1-2H3,(H,22,26). The van der Waals surface area contributed by atoms with E-state index in [1.807, 2.05) is 12.1 Å². The number of carbonyl (C=O) groups excluding carboxylic acids is 2. The molecule has 2 aromatic rings. The number of amides is 1. The molecule has 0 saturated carbocycles. The zero-order chi connectivity index (χ0) is 21.0. The minimum atomic E-state index is -3.13. The van der Waals surface area contributed by atoms with Gasteiger partial charge in [0.15, 0.2) is 5.78 Å². The zero-order valence-corrected chi connectivity index (χ0v) is 17.4. The third-order valence-electron chi connectivity index (χ3n) is 4.95. The Labute approximate surface area is 171 Å². The molecule has 1 N–H and O–H groups in total. The lowest BCUT2D eigenvalue weighted by atomic mass is 10.1. The largest absolute Gasteiger partial charge is 0.322 e. The summed E-state index contributed by atoms with van der Waals surface area (Å²) in [5, 5.41) is 2.81. The van der Waals surface area contributed by atoms with Crippen molar-refractivity contribution in [3.05, 3.63) is 65.2 Å². The molecule has 0 unspecified atom stereocenters. The summed E-state index contributed by atoms with van der Waals surface area (Å²) >= 11 is 0. The SMILES string of the molecule is CC(=O)c1cccc(NC(=O)c2ccc(CN3CCN(S(C)(=O)=O)CC3)cc2)c1. The Morgan fingerprint density at radius 3 is 2.21 bits per heavy atom. The number of sulfonamides is 1. The molecule has 1 amide bonds. The first-order valence-corrected chi connectivity index (χ1v) is 11.3. The fourth-order valence-corrected chi connectivity index (χ4v) is 4.08. The van der Waals surface area contributed by atoms with Crippen molar-refractivity contribution in [2.45, 2.75) is 13.5 Å². The Kier molecular flexibility index (Phi) is 6.46. The summed E-state index contributed by atoms with van der Waals surface area (Å²) in [4.78, 5) is 26.1. The molecule has 8 heteroatoms. The highest BCUT2D eigenvalue weighted by molar-refractivity contribution is 7.88. The Hall–Kier alpha value is -2.55. The van der Waals surface area contributed by atoms with Crippen LogP contribution in [-0.2, 0) is 16.6 Å². The van der Waals surface area contributed by atoms with E-state index in [9.17, 15) is 18.0 Å². The van der Waals surface area contributed by atoms with E-state index in [-0.39, 0.29) is 11.7 Å². The first-order chi connectivity index (χ1) is 13.7. The van der Waals surface area contributed by atoms with Crippen molar-refractivity contribution in [2.24, 2.45) is 0 Å². The molecular weight excluding hydrogens is 390 g/mol. The summed E-state index contributed by atoms with van der Waals surface area (Å²) in [6.45, 7) is 4.56. The van der Waals surface area contributed by atoms with E-state index < -0.39 is 10.0 Å². The predicted octanol–water partition coefficient (Wildman–Crippen LogP) is 2.22. The van der Waals surface area contributed by atoms with Gasteiger partial charge in [0.1, 0.15) is 0 Å². The second kappa shape index (κ2) is 8.86. The molecule has 1 aliphatic rings. The first kappa shape index (κ1) is 21.2. The van der Waals surface area contributed by atoms with Crippen LogP contribution in [0, 0.1) is 0 Å². The van der Waals surface area contributed by atoms with E-state index in [2.05, 4.69) is 10.2 Å². The number of Topliss-reactive ketones (excluding diaryl/α,β-unsaturated/α-hetero) is 1. The average molecular weight is 416 g/mol.